The summed E-state index contributed by atoms with van der Waals surface area (Å²) in [6.45, 7) is 9.34. The van der Waals surface area contributed by atoms with Crippen LogP contribution in [0.4, 0.5) is 5.82 Å². The number of nitrogens with one attached hydrogen (secondary N) is 2. The molecule has 0 saturated carbocycles. The summed E-state index contributed by atoms with van der Waals surface area (Å²) in [4.78, 5) is 0. The molecule has 0 unspecified atom stereocenters. The first-order valence-corrected chi connectivity index (χ1v) is 6.75. The molecule has 0 radical (unpaired) electrons. The first kappa shape index (κ1) is 13.0. The van der Waals surface area contributed by atoms with Gasteiger partial charge < -0.3 is 0 Å². The van der Waals surface area contributed by atoms with Crippen molar-refractivity contribution in [1.82, 2.24) is 10.2 Å². The van der Waals surface area contributed by atoms with Crippen molar-refractivity contribution in [2.24, 2.45) is 0 Å². The molecule has 6 heteroatoms. The Balaban J connectivity index is 2.90. The van der Waals surface area contributed by atoms with Crippen LogP contribution in [0, 0.1) is 0 Å². The summed E-state index contributed by atoms with van der Waals surface area (Å²) in [6.07, 6.45) is 0. The second-order valence-electron chi connectivity index (χ2n) is 5.11. The maximum Gasteiger partial charge on any atom is 0.236 e. The minimum Gasteiger partial charge on any atom is -0.280 e. The fourth-order valence-electron chi connectivity index (χ4n) is 1.02. The molecule has 0 aliphatic rings. The average Bonchev–Trinajstić information content (AvgIpc) is 2.50. The van der Waals surface area contributed by atoms with Gasteiger partial charge in [0.2, 0.25) is 10.0 Å². The first-order valence-electron chi connectivity index (χ1n) is 5.20. The van der Waals surface area contributed by atoms with Gasteiger partial charge in [-0.1, -0.05) is 20.8 Å². The maximum atomic E-state index is 11.6. The van der Waals surface area contributed by atoms with Crippen LogP contribution >= 0.6 is 0 Å². The summed E-state index contributed by atoms with van der Waals surface area (Å²) in [5, 5.41) is 6.30. The van der Waals surface area contributed by atoms with Crippen LogP contribution in [0.3, 0.4) is 0 Å². The predicted octanol–water partition coefficient (Wildman–Crippen LogP) is 1.86. The Morgan fingerprint density at radius 2 is 1.94 bits per heavy atom. The Hall–Kier alpha value is -1.04. The van der Waals surface area contributed by atoms with Gasteiger partial charge in [0.1, 0.15) is 0 Å². The lowest BCUT2D eigenvalue weighted by Crippen LogP contribution is -2.22. The minimum absolute atomic E-state index is 0.0749. The zero-order valence-electron chi connectivity index (χ0n) is 10.3. The standard InChI is InChI=1S/C10H19N3O2S/c1-7(2)16(14,15)13-9-6-8(11-12-9)10(3,4)5/h6-7H,1-5H3,(H2,11,12,13). The molecule has 0 spiro atoms. The van der Waals surface area contributed by atoms with E-state index in [1.807, 2.05) is 20.8 Å². The molecule has 0 bridgehead atoms. The van der Waals surface area contributed by atoms with Crippen molar-refractivity contribution in [1.29, 1.82) is 0 Å². The summed E-state index contributed by atoms with van der Waals surface area (Å²) in [6, 6.07) is 1.72. The lowest BCUT2D eigenvalue weighted by atomic mass is 9.92. The van der Waals surface area contributed by atoms with E-state index in [0.29, 0.717) is 5.82 Å². The van der Waals surface area contributed by atoms with E-state index in [4.69, 9.17) is 0 Å². The quantitative estimate of drug-likeness (QED) is 0.853. The van der Waals surface area contributed by atoms with Crippen molar-refractivity contribution in [3.63, 3.8) is 0 Å². The number of hydrogen-bond donors (Lipinski definition) is 2. The molecule has 1 rings (SSSR count). The third kappa shape index (κ3) is 2.98. The van der Waals surface area contributed by atoms with E-state index < -0.39 is 15.3 Å². The second kappa shape index (κ2) is 4.08. The third-order valence-electron chi connectivity index (χ3n) is 2.25. The highest BCUT2D eigenvalue weighted by Gasteiger charge is 2.20. The number of aromatic amines is 1. The molecule has 0 aliphatic carbocycles. The van der Waals surface area contributed by atoms with Gasteiger partial charge >= 0.3 is 0 Å². The Bertz CT molecular complexity index is 455. The lowest BCUT2D eigenvalue weighted by molar-refractivity contribution is 0.567. The lowest BCUT2D eigenvalue weighted by Gasteiger charge is -2.14. The molecule has 1 aromatic rings. The SMILES string of the molecule is CC(C)S(=O)(=O)Nc1cc(C(C)(C)C)[nH]n1. The molecule has 0 atom stereocenters. The van der Waals surface area contributed by atoms with Crippen LogP contribution < -0.4 is 4.72 Å². The van der Waals surface area contributed by atoms with Gasteiger partial charge in [-0.3, -0.25) is 9.82 Å². The van der Waals surface area contributed by atoms with E-state index >= 15 is 0 Å². The Kier molecular flexibility index (Phi) is 3.33. The average molecular weight is 245 g/mol. The van der Waals surface area contributed by atoms with Crippen molar-refractivity contribution in [3.05, 3.63) is 11.8 Å². The monoisotopic (exact) mass is 245 g/mol. The van der Waals surface area contributed by atoms with Crippen molar-refractivity contribution in [2.75, 3.05) is 4.72 Å². The first-order chi connectivity index (χ1) is 7.13. The zero-order valence-corrected chi connectivity index (χ0v) is 11.1. The number of anilines is 1. The Morgan fingerprint density at radius 1 is 1.38 bits per heavy atom. The smallest absolute Gasteiger partial charge is 0.236 e. The Morgan fingerprint density at radius 3 is 2.31 bits per heavy atom. The normalized spacial score (nSPS) is 13.1. The van der Waals surface area contributed by atoms with Gasteiger partial charge in [-0.05, 0) is 13.8 Å². The summed E-state index contributed by atoms with van der Waals surface area (Å²) < 4.78 is 25.6. The van der Waals surface area contributed by atoms with E-state index in [2.05, 4.69) is 14.9 Å². The minimum atomic E-state index is -3.32. The molecule has 0 amide bonds. The highest BCUT2D eigenvalue weighted by Crippen LogP contribution is 2.22. The number of hydrogen-bond acceptors (Lipinski definition) is 3. The van der Waals surface area contributed by atoms with E-state index in [1.54, 1.807) is 19.9 Å². The molecule has 0 fully saturated rings. The summed E-state index contributed by atoms with van der Waals surface area (Å²) in [7, 11) is -3.32. The Labute approximate surface area is 96.7 Å². The molecule has 0 saturated heterocycles. The summed E-state index contributed by atoms with van der Waals surface area (Å²) in [5.74, 6) is 0.346. The molecule has 1 heterocycles. The van der Waals surface area contributed by atoms with E-state index in [9.17, 15) is 8.42 Å². The van der Waals surface area contributed by atoms with Crippen LogP contribution in [-0.2, 0) is 15.4 Å². The highest BCUT2D eigenvalue weighted by atomic mass is 32.2. The number of H-pyrrole nitrogens is 1. The van der Waals surface area contributed by atoms with E-state index in [0.717, 1.165) is 5.69 Å². The number of sulfonamides is 1. The van der Waals surface area contributed by atoms with Crippen LogP contribution in [0.1, 0.15) is 40.3 Å². The van der Waals surface area contributed by atoms with Gasteiger partial charge in [0.25, 0.3) is 0 Å². The molecule has 1 aromatic heterocycles. The molecule has 5 nitrogen and oxygen atoms in total. The fourth-order valence-corrected chi connectivity index (χ4v) is 1.65. The largest absolute Gasteiger partial charge is 0.280 e. The molecule has 92 valence electrons. The van der Waals surface area contributed by atoms with Gasteiger partial charge in [0.15, 0.2) is 5.82 Å². The third-order valence-corrected chi connectivity index (χ3v) is 3.99. The number of nitrogens with zero attached hydrogens (tertiary/aromatic N) is 1. The van der Waals surface area contributed by atoms with E-state index in [1.165, 1.54) is 0 Å². The van der Waals surface area contributed by atoms with Gasteiger partial charge in [0.05, 0.1) is 5.25 Å². The summed E-state index contributed by atoms with van der Waals surface area (Å²) in [5.41, 5.74) is 0.822. The van der Waals surface area contributed by atoms with Gasteiger partial charge in [-0.2, -0.15) is 5.10 Å². The molecule has 2 N–H and O–H groups in total. The van der Waals surface area contributed by atoms with Crippen LogP contribution in [0.2, 0.25) is 0 Å². The van der Waals surface area contributed by atoms with E-state index in [-0.39, 0.29) is 5.41 Å². The van der Waals surface area contributed by atoms with Crippen LogP contribution in [0.15, 0.2) is 6.07 Å². The molecular formula is C10H19N3O2S. The number of rotatable bonds is 3. The van der Waals surface area contributed by atoms with Gasteiger partial charge in [0, 0.05) is 17.2 Å². The van der Waals surface area contributed by atoms with Crippen molar-refractivity contribution in [3.8, 4) is 0 Å². The zero-order chi connectivity index (χ0) is 12.6. The van der Waals surface area contributed by atoms with Crippen LogP contribution in [0.25, 0.3) is 0 Å². The molecular weight excluding hydrogens is 226 g/mol. The van der Waals surface area contributed by atoms with Gasteiger partial charge in [-0.15, -0.1) is 0 Å². The second-order valence-corrected chi connectivity index (χ2v) is 7.35. The number of aromatic nitrogens is 2. The maximum absolute atomic E-state index is 11.6. The molecule has 0 aliphatic heterocycles. The molecule has 16 heavy (non-hydrogen) atoms. The summed E-state index contributed by atoms with van der Waals surface area (Å²) >= 11 is 0. The fraction of sp³-hybridized carbons (Fsp3) is 0.700. The van der Waals surface area contributed by atoms with Crippen molar-refractivity contribution in [2.45, 2.75) is 45.3 Å². The van der Waals surface area contributed by atoms with Crippen molar-refractivity contribution < 1.29 is 8.42 Å². The topological polar surface area (TPSA) is 74.8 Å². The highest BCUT2D eigenvalue weighted by molar-refractivity contribution is 7.93. The van der Waals surface area contributed by atoms with Crippen LogP contribution in [0.5, 0.6) is 0 Å². The van der Waals surface area contributed by atoms with Crippen molar-refractivity contribution >= 4 is 15.8 Å². The van der Waals surface area contributed by atoms with Gasteiger partial charge in [-0.25, -0.2) is 8.42 Å². The van der Waals surface area contributed by atoms with Crippen LogP contribution in [-0.4, -0.2) is 23.9 Å². The predicted molar refractivity (Wildman–Crippen MR) is 65.0 cm³/mol. The molecule has 0 aromatic carbocycles.